The van der Waals surface area contributed by atoms with Crippen molar-refractivity contribution in [3.05, 3.63) is 59.2 Å². The molecule has 5 nitrogen and oxygen atoms in total. The van der Waals surface area contributed by atoms with Crippen LogP contribution in [0.1, 0.15) is 53.6 Å². The summed E-state index contributed by atoms with van der Waals surface area (Å²) in [6.45, 7) is 3.75. The lowest BCUT2D eigenvalue weighted by Crippen LogP contribution is -2.36. The molecule has 1 aliphatic rings. The molecule has 2 aromatic carbocycles. The maximum absolute atomic E-state index is 12.9. The highest BCUT2D eigenvalue weighted by Crippen LogP contribution is 2.26. The van der Waals surface area contributed by atoms with Crippen molar-refractivity contribution >= 4 is 21.6 Å². The van der Waals surface area contributed by atoms with Crippen LogP contribution in [-0.4, -0.2) is 27.4 Å². The Morgan fingerprint density at radius 1 is 1.00 bits per heavy atom. The molecule has 1 saturated carbocycles. The van der Waals surface area contributed by atoms with E-state index in [4.69, 9.17) is 0 Å². The number of carbonyl (C=O) groups excluding carboxylic acids is 1. The summed E-state index contributed by atoms with van der Waals surface area (Å²) in [5.41, 5.74) is 2.88. The first-order valence-electron chi connectivity index (χ1n) is 9.76. The van der Waals surface area contributed by atoms with Crippen molar-refractivity contribution < 1.29 is 13.2 Å². The number of hydrogen-bond donors (Lipinski definition) is 1. The Bertz CT molecular complexity index is 946. The average Bonchev–Trinajstić information content (AvgIpc) is 2.68. The molecule has 1 fully saturated rings. The van der Waals surface area contributed by atoms with E-state index in [2.05, 4.69) is 5.32 Å². The second-order valence-corrected chi connectivity index (χ2v) is 9.56. The van der Waals surface area contributed by atoms with Gasteiger partial charge in [0.15, 0.2) is 0 Å². The van der Waals surface area contributed by atoms with Crippen LogP contribution in [0.2, 0.25) is 0 Å². The molecule has 0 radical (unpaired) electrons. The second kappa shape index (κ2) is 8.35. The Morgan fingerprint density at radius 2 is 1.64 bits per heavy atom. The number of hydrogen-bond acceptors (Lipinski definition) is 3. The molecule has 0 atom stereocenters. The van der Waals surface area contributed by atoms with Gasteiger partial charge in [-0.15, -0.1) is 0 Å². The molecule has 1 N–H and O–H groups in total. The van der Waals surface area contributed by atoms with Crippen molar-refractivity contribution in [2.45, 2.75) is 56.9 Å². The zero-order valence-electron chi connectivity index (χ0n) is 16.7. The first-order valence-corrected chi connectivity index (χ1v) is 11.2. The maximum Gasteiger partial charge on any atom is 0.264 e. The standard InChI is InChI=1S/C22H28N2O3S/c1-16-9-12-20(13-10-16)28(26,27)24(3)21-14-11-18(15-17(21)2)22(25)23-19-7-5-4-6-8-19/h9-15,19H,4-8H2,1-3H3,(H,23,25). The lowest BCUT2D eigenvalue weighted by molar-refractivity contribution is 0.0927. The summed E-state index contributed by atoms with van der Waals surface area (Å²) in [4.78, 5) is 12.8. The predicted molar refractivity (Wildman–Crippen MR) is 112 cm³/mol. The molecule has 1 aliphatic carbocycles. The molecule has 0 unspecified atom stereocenters. The van der Waals surface area contributed by atoms with E-state index in [0.717, 1.165) is 36.8 Å². The first-order chi connectivity index (χ1) is 13.3. The van der Waals surface area contributed by atoms with Crippen LogP contribution in [0.3, 0.4) is 0 Å². The molecule has 0 aliphatic heterocycles. The number of sulfonamides is 1. The van der Waals surface area contributed by atoms with Gasteiger partial charge in [-0.2, -0.15) is 0 Å². The van der Waals surface area contributed by atoms with Crippen LogP contribution in [0.4, 0.5) is 5.69 Å². The van der Waals surface area contributed by atoms with Gasteiger partial charge in [0.25, 0.3) is 15.9 Å². The fraction of sp³-hybridized carbons (Fsp3) is 0.409. The van der Waals surface area contributed by atoms with Crippen molar-refractivity contribution in [2.24, 2.45) is 0 Å². The fourth-order valence-electron chi connectivity index (χ4n) is 3.66. The van der Waals surface area contributed by atoms with E-state index in [0.29, 0.717) is 11.3 Å². The van der Waals surface area contributed by atoms with Crippen LogP contribution in [-0.2, 0) is 10.0 Å². The summed E-state index contributed by atoms with van der Waals surface area (Å²) in [5, 5.41) is 3.10. The van der Waals surface area contributed by atoms with E-state index in [-0.39, 0.29) is 16.8 Å². The third-order valence-electron chi connectivity index (χ3n) is 5.42. The average molecular weight is 401 g/mol. The number of amides is 1. The van der Waals surface area contributed by atoms with Crippen LogP contribution in [0.25, 0.3) is 0 Å². The monoisotopic (exact) mass is 400 g/mol. The van der Waals surface area contributed by atoms with Gasteiger partial charge in [-0.1, -0.05) is 37.0 Å². The quantitative estimate of drug-likeness (QED) is 0.818. The van der Waals surface area contributed by atoms with Gasteiger partial charge in [-0.25, -0.2) is 8.42 Å². The van der Waals surface area contributed by atoms with Crippen LogP contribution in [0.15, 0.2) is 47.4 Å². The van der Waals surface area contributed by atoms with Crippen LogP contribution in [0.5, 0.6) is 0 Å². The number of benzene rings is 2. The number of nitrogens with zero attached hydrogens (tertiary/aromatic N) is 1. The molecule has 6 heteroatoms. The van der Waals surface area contributed by atoms with Gasteiger partial charge in [0.05, 0.1) is 10.6 Å². The topological polar surface area (TPSA) is 66.5 Å². The smallest absolute Gasteiger partial charge is 0.264 e. The second-order valence-electron chi connectivity index (χ2n) is 7.60. The van der Waals surface area contributed by atoms with Crippen LogP contribution >= 0.6 is 0 Å². The number of rotatable bonds is 5. The minimum atomic E-state index is -3.65. The Labute approximate surface area is 167 Å². The molecule has 150 valence electrons. The largest absolute Gasteiger partial charge is 0.349 e. The zero-order chi connectivity index (χ0) is 20.3. The molecular weight excluding hydrogens is 372 g/mol. The van der Waals surface area contributed by atoms with Crippen molar-refractivity contribution in [1.82, 2.24) is 5.32 Å². The van der Waals surface area contributed by atoms with Crippen molar-refractivity contribution in [1.29, 1.82) is 0 Å². The molecule has 0 bridgehead atoms. The lowest BCUT2D eigenvalue weighted by atomic mass is 9.95. The number of anilines is 1. The van der Waals surface area contributed by atoms with E-state index >= 15 is 0 Å². The number of carbonyl (C=O) groups is 1. The van der Waals surface area contributed by atoms with Crippen LogP contribution in [0, 0.1) is 13.8 Å². The third kappa shape index (κ3) is 4.38. The van der Waals surface area contributed by atoms with E-state index in [1.807, 2.05) is 13.8 Å². The minimum absolute atomic E-state index is 0.0920. The molecule has 2 aromatic rings. The highest BCUT2D eigenvalue weighted by molar-refractivity contribution is 7.92. The third-order valence-corrected chi connectivity index (χ3v) is 7.20. The van der Waals surface area contributed by atoms with Gasteiger partial charge in [-0.05, 0) is 62.6 Å². The van der Waals surface area contributed by atoms with Gasteiger partial charge in [0, 0.05) is 18.7 Å². The summed E-state index contributed by atoms with van der Waals surface area (Å²) in [6, 6.07) is 12.2. The summed E-state index contributed by atoms with van der Waals surface area (Å²) >= 11 is 0. The van der Waals surface area contributed by atoms with E-state index in [1.54, 1.807) is 49.5 Å². The van der Waals surface area contributed by atoms with Gasteiger partial charge in [0.1, 0.15) is 0 Å². The van der Waals surface area contributed by atoms with Crippen molar-refractivity contribution in [3.8, 4) is 0 Å². The number of nitrogens with one attached hydrogen (secondary N) is 1. The molecule has 28 heavy (non-hydrogen) atoms. The summed E-state index contributed by atoms with van der Waals surface area (Å²) in [6.07, 6.45) is 5.61. The Balaban J connectivity index is 1.79. The summed E-state index contributed by atoms with van der Waals surface area (Å²) in [7, 11) is -2.11. The fourth-order valence-corrected chi connectivity index (χ4v) is 4.92. The van der Waals surface area contributed by atoms with E-state index in [1.165, 1.54) is 10.7 Å². The lowest BCUT2D eigenvalue weighted by Gasteiger charge is -2.24. The summed E-state index contributed by atoms with van der Waals surface area (Å²) in [5.74, 6) is -0.0920. The SMILES string of the molecule is Cc1ccc(S(=O)(=O)N(C)c2ccc(C(=O)NC3CCCCC3)cc2C)cc1. The summed E-state index contributed by atoms with van der Waals surface area (Å²) < 4.78 is 27.1. The van der Waals surface area contributed by atoms with E-state index < -0.39 is 10.0 Å². The molecule has 0 heterocycles. The van der Waals surface area contributed by atoms with Crippen LogP contribution < -0.4 is 9.62 Å². The Hall–Kier alpha value is -2.34. The molecule has 0 aromatic heterocycles. The Morgan fingerprint density at radius 3 is 2.25 bits per heavy atom. The van der Waals surface area contributed by atoms with Gasteiger partial charge in [-0.3, -0.25) is 9.10 Å². The first kappa shape index (κ1) is 20.4. The van der Waals surface area contributed by atoms with Gasteiger partial charge in [0.2, 0.25) is 0 Å². The highest BCUT2D eigenvalue weighted by atomic mass is 32.2. The van der Waals surface area contributed by atoms with Crippen molar-refractivity contribution in [3.63, 3.8) is 0 Å². The van der Waals surface area contributed by atoms with Crippen molar-refractivity contribution in [2.75, 3.05) is 11.4 Å². The van der Waals surface area contributed by atoms with Gasteiger partial charge >= 0.3 is 0 Å². The molecule has 0 saturated heterocycles. The highest BCUT2D eigenvalue weighted by Gasteiger charge is 2.23. The Kier molecular flexibility index (Phi) is 6.08. The zero-order valence-corrected chi connectivity index (χ0v) is 17.6. The molecular formula is C22H28N2O3S. The predicted octanol–water partition coefficient (Wildman–Crippen LogP) is 4.19. The normalized spacial score (nSPS) is 15.2. The molecule has 0 spiro atoms. The molecule has 3 rings (SSSR count). The maximum atomic E-state index is 12.9. The van der Waals surface area contributed by atoms with E-state index in [9.17, 15) is 13.2 Å². The van der Waals surface area contributed by atoms with Gasteiger partial charge < -0.3 is 5.32 Å². The molecule has 1 amide bonds. The number of aryl methyl sites for hydroxylation is 2. The minimum Gasteiger partial charge on any atom is -0.349 e.